The van der Waals surface area contributed by atoms with Crippen LogP contribution in [-0.2, 0) is 6.42 Å². The first-order valence-electron chi connectivity index (χ1n) is 6.71. The van der Waals surface area contributed by atoms with Crippen LogP contribution in [0, 0.1) is 10.1 Å². The smallest absolute Gasteiger partial charge is 0.287 e. The number of nitro groups is 1. The van der Waals surface area contributed by atoms with Crippen LogP contribution in [0.1, 0.15) is 5.56 Å². The molecule has 1 heterocycles. The molecule has 6 nitrogen and oxygen atoms in total. The number of aliphatic hydroxyl groups is 1. The van der Waals surface area contributed by atoms with Crippen molar-refractivity contribution in [1.29, 1.82) is 0 Å². The SMILES string of the molecule is O=[N+]([O-])c1ccc(N(CCO)CCc2ccccc2)nc1. The molecule has 2 rings (SSSR count). The molecule has 2 aromatic rings. The Bertz CT molecular complexity index is 572. The second kappa shape index (κ2) is 7.35. The average molecular weight is 287 g/mol. The van der Waals surface area contributed by atoms with Gasteiger partial charge < -0.3 is 10.0 Å². The van der Waals surface area contributed by atoms with Gasteiger partial charge in [0.25, 0.3) is 5.69 Å². The Morgan fingerprint density at radius 3 is 2.48 bits per heavy atom. The van der Waals surface area contributed by atoms with Crippen molar-refractivity contribution in [3.63, 3.8) is 0 Å². The summed E-state index contributed by atoms with van der Waals surface area (Å²) in [4.78, 5) is 16.2. The molecule has 0 amide bonds. The molecule has 0 saturated carbocycles. The van der Waals surface area contributed by atoms with Crippen LogP contribution in [0.5, 0.6) is 0 Å². The molecule has 110 valence electrons. The molecule has 0 unspecified atom stereocenters. The fourth-order valence-corrected chi connectivity index (χ4v) is 2.04. The maximum Gasteiger partial charge on any atom is 0.287 e. The van der Waals surface area contributed by atoms with Crippen LogP contribution in [0.15, 0.2) is 48.7 Å². The topological polar surface area (TPSA) is 79.5 Å². The number of anilines is 1. The van der Waals surface area contributed by atoms with Crippen molar-refractivity contribution in [3.05, 3.63) is 64.3 Å². The molecule has 0 saturated heterocycles. The van der Waals surface area contributed by atoms with Gasteiger partial charge in [-0.25, -0.2) is 4.98 Å². The van der Waals surface area contributed by atoms with Gasteiger partial charge in [0, 0.05) is 19.2 Å². The second-order valence-electron chi connectivity index (χ2n) is 4.58. The van der Waals surface area contributed by atoms with Crippen LogP contribution in [-0.4, -0.2) is 34.7 Å². The molecule has 0 aliphatic rings. The number of benzene rings is 1. The maximum absolute atomic E-state index is 10.6. The average Bonchev–Trinajstić information content (AvgIpc) is 2.52. The summed E-state index contributed by atoms with van der Waals surface area (Å²) in [7, 11) is 0. The van der Waals surface area contributed by atoms with Crippen LogP contribution < -0.4 is 4.90 Å². The Balaban J connectivity index is 2.05. The van der Waals surface area contributed by atoms with Crippen LogP contribution in [0.3, 0.4) is 0 Å². The van der Waals surface area contributed by atoms with E-state index >= 15 is 0 Å². The first-order chi connectivity index (χ1) is 10.2. The number of nitrogens with zero attached hydrogens (tertiary/aromatic N) is 3. The Morgan fingerprint density at radius 1 is 1.14 bits per heavy atom. The standard InChI is InChI=1S/C15H17N3O3/c19-11-10-17(9-8-13-4-2-1-3-5-13)15-7-6-14(12-16-15)18(20)21/h1-7,12,19H,8-11H2. The number of hydrogen-bond donors (Lipinski definition) is 1. The molecule has 0 bridgehead atoms. The van der Waals surface area contributed by atoms with Crippen molar-refractivity contribution in [2.45, 2.75) is 6.42 Å². The van der Waals surface area contributed by atoms with Crippen molar-refractivity contribution in [2.75, 3.05) is 24.6 Å². The lowest BCUT2D eigenvalue weighted by Crippen LogP contribution is -2.29. The second-order valence-corrected chi connectivity index (χ2v) is 4.58. The van der Waals surface area contributed by atoms with E-state index in [0.29, 0.717) is 18.9 Å². The zero-order valence-corrected chi connectivity index (χ0v) is 11.6. The first-order valence-corrected chi connectivity index (χ1v) is 6.71. The summed E-state index contributed by atoms with van der Waals surface area (Å²) in [6, 6.07) is 13.0. The van der Waals surface area contributed by atoms with Gasteiger partial charge in [0.2, 0.25) is 0 Å². The van der Waals surface area contributed by atoms with E-state index in [1.165, 1.54) is 17.8 Å². The molecule has 0 fully saturated rings. The molecule has 0 atom stereocenters. The van der Waals surface area contributed by atoms with Crippen LogP contribution in [0.4, 0.5) is 11.5 Å². The number of hydrogen-bond acceptors (Lipinski definition) is 5. The van der Waals surface area contributed by atoms with Gasteiger partial charge in [0.1, 0.15) is 12.0 Å². The van der Waals surface area contributed by atoms with Gasteiger partial charge in [0.15, 0.2) is 0 Å². The molecular formula is C15H17N3O3. The summed E-state index contributed by atoms with van der Waals surface area (Å²) < 4.78 is 0. The van der Waals surface area contributed by atoms with Gasteiger partial charge in [-0.3, -0.25) is 10.1 Å². The van der Waals surface area contributed by atoms with E-state index < -0.39 is 4.92 Å². The highest BCUT2D eigenvalue weighted by molar-refractivity contribution is 5.43. The Morgan fingerprint density at radius 2 is 1.90 bits per heavy atom. The Hall–Kier alpha value is -2.47. The number of aliphatic hydroxyl groups excluding tert-OH is 1. The number of pyridine rings is 1. The van der Waals surface area contributed by atoms with Crippen LogP contribution in [0.25, 0.3) is 0 Å². The minimum Gasteiger partial charge on any atom is -0.395 e. The predicted octanol–water partition coefficient (Wildman–Crippen LogP) is 2.03. The van der Waals surface area contributed by atoms with Crippen molar-refractivity contribution in [1.82, 2.24) is 4.98 Å². The van der Waals surface area contributed by atoms with E-state index in [1.54, 1.807) is 6.07 Å². The summed E-state index contributed by atoms with van der Waals surface area (Å²) in [6.07, 6.45) is 2.06. The fraction of sp³-hybridized carbons (Fsp3) is 0.267. The lowest BCUT2D eigenvalue weighted by atomic mass is 10.1. The number of aromatic nitrogens is 1. The zero-order chi connectivity index (χ0) is 15.1. The Labute approximate surface area is 122 Å². The number of rotatable bonds is 7. The van der Waals surface area contributed by atoms with Crippen LogP contribution >= 0.6 is 0 Å². The van der Waals surface area contributed by atoms with Crippen molar-refractivity contribution in [3.8, 4) is 0 Å². The molecule has 1 N–H and O–H groups in total. The van der Waals surface area contributed by atoms with E-state index in [4.69, 9.17) is 5.11 Å². The van der Waals surface area contributed by atoms with E-state index in [1.807, 2.05) is 35.2 Å². The van der Waals surface area contributed by atoms with Gasteiger partial charge in [-0.2, -0.15) is 0 Å². The maximum atomic E-state index is 10.6. The van der Waals surface area contributed by atoms with E-state index in [9.17, 15) is 10.1 Å². The normalized spacial score (nSPS) is 10.3. The quantitative estimate of drug-likeness (QED) is 0.622. The fourth-order valence-electron chi connectivity index (χ4n) is 2.04. The zero-order valence-electron chi connectivity index (χ0n) is 11.6. The van der Waals surface area contributed by atoms with Crippen molar-refractivity contribution >= 4 is 11.5 Å². The van der Waals surface area contributed by atoms with Gasteiger partial charge in [0.05, 0.1) is 11.5 Å². The van der Waals surface area contributed by atoms with Gasteiger partial charge in [-0.15, -0.1) is 0 Å². The van der Waals surface area contributed by atoms with Crippen molar-refractivity contribution in [2.24, 2.45) is 0 Å². The highest BCUT2D eigenvalue weighted by atomic mass is 16.6. The van der Waals surface area contributed by atoms with Crippen molar-refractivity contribution < 1.29 is 10.0 Å². The summed E-state index contributed by atoms with van der Waals surface area (Å²) in [6.45, 7) is 1.14. The highest BCUT2D eigenvalue weighted by Crippen LogP contribution is 2.16. The molecule has 0 aliphatic heterocycles. The summed E-state index contributed by atoms with van der Waals surface area (Å²) in [5.74, 6) is 0.630. The summed E-state index contributed by atoms with van der Waals surface area (Å²) >= 11 is 0. The molecule has 1 aromatic heterocycles. The molecule has 0 spiro atoms. The first kappa shape index (κ1) is 14.9. The molecule has 6 heteroatoms. The highest BCUT2D eigenvalue weighted by Gasteiger charge is 2.10. The molecule has 1 aromatic carbocycles. The third kappa shape index (κ3) is 4.25. The minimum absolute atomic E-state index is 0.00740. The van der Waals surface area contributed by atoms with E-state index in [-0.39, 0.29) is 12.3 Å². The Kier molecular flexibility index (Phi) is 5.22. The lowest BCUT2D eigenvalue weighted by molar-refractivity contribution is -0.385. The lowest BCUT2D eigenvalue weighted by Gasteiger charge is -2.22. The summed E-state index contributed by atoms with van der Waals surface area (Å²) in [5, 5.41) is 19.8. The third-order valence-electron chi connectivity index (χ3n) is 3.15. The van der Waals surface area contributed by atoms with Crippen LogP contribution in [0.2, 0.25) is 0 Å². The largest absolute Gasteiger partial charge is 0.395 e. The minimum atomic E-state index is -0.475. The molecular weight excluding hydrogens is 270 g/mol. The summed E-state index contributed by atoms with van der Waals surface area (Å²) in [5.41, 5.74) is 1.16. The molecule has 21 heavy (non-hydrogen) atoms. The van der Waals surface area contributed by atoms with E-state index in [2.05, 4.69) is 4.98 Å². The third-order valence-corrected chi connectivity index (χ3v) is 3.15. The van der Waals surface area contributed by atoms with Gasteiger partial charge >= 0.3 is 0 Å². The monoisotopic (exact) mass is 287 g/mol. The van der Waals surface area contributed by atoms with Gasteiger partial charge in [-0.05, 0) is 18.1 Å². The van der Waals surface area contributed by atoms with Gasteiger partial charge in [-0.1, -0.05) is 30.3 Å². The molecule has 0 radical (unpaired) electrons. The van der Waals surface area contributed by atoms with E-state index in [0.717, 1.165) is 6.42 Å². The predicted molar refractivity (Wildman–Crippen MR) is 80.3 cm³/mol. The molecule has 0 aliphatic carbocycles.